The SMILES string of the molecule is CCC(C)NC(=NCc1ccccc1CN1CCOCC1)NCCc1ccco1.I. The van der Waals surface area contributed by atoms with Gasteiger partial charge in [-0.05, 0) is 36.6 Å². The maximum atomic E-state index is 5.47. The molecule has 166 valence electrons. The number of nitrogens with one attached hydrogen (secondary N) is 2. The molecule has 1 aromatic carbocycles. The summed E-state index contributed by atoms with van der Waals surface area (Å²) in [7, 11) is 0. The van der Waals surface area contributed by atoms with Gasteiger partial charge >= 0.3 is 0 Å². The fraction of sp³-hybridized carbons (Fsp3) is 0.522. The summed E-state index contributed by atoms with van der Waals surface area (Å²) in [6, 6.07) is 12.9. The highest BCUT2D eigenvalue weighted by molar-refractivity contribution is 14.0. The van der Waals surface area contributed by atoms with Gasteiger partial charge in [0.2, 0.25) is 0 Å². The van der Waals surface area contributed by atoms with Crippen molar-refractivity contribution in [3.05, 3.63) is 59.5 Å². The van der Waals surface area contributed by atoms with Crippen LogP contribution in [0.4, 0.5) is 0 Å². The van der Waals surface area contributed by atoms with Crippen LogP contribution in [0.15, 0.2) is 52.1 Å². The highest BCUT2D eigenvalue weighted by atomic mass is 127. The normalized spacial score (nSPS) is 16.0. The number of furan rings is 1. The highest BCUT2D eigenvalue weighted by Gasteiger charge is 2.13. The van der Waals surface area contributed by atoms with Gasteiger partial charge in [0, 0.05) is 38.6 Å². The third kappa shape index (κ3) is 8.28. The van der Waals surface area contributed by atoms with E-state index in [-0.39, 0.29) is 24.0 Å². The predicted octanol–water partition coefficient (Wildman–Crippen LogP) is 3.81. The van der Waals surface area contributed by atoms with Crippen LogP contribution in [0.5, 0.6) is 0 Å². The number of guanidine groups is 1. The van der Waals surface area contributed by atoms with Crippen LogP contribution in [-0.4, -0.2) is 49.7 Å². The minimum Gasteiger partial charge on any atom is -0.469 e. The molecule has 0 amide bonds. The monoisotopic (exact) mass is 526 g/mol. The molecule has 0 saturated carbocycles. The summed E-state index contributed by atoms with van der Waals surface area (Å²) >= 11 is 0. The average Bonchev–Trinajstić information content (AvgIpc) is 3.27. The fourth-order valence-electron chi connectivity index (χ4n) is 3.28. The van der Waals surface area contributed by atoms with Gasteiger partial charge in [-0.25, -0.2) is 4.99 Å². The molecule has 0 spiro atoms. The van der Waals surface area contributed by atoms with Gasteiger partial charge in [-0.3, -0.25) is 4.90 Å². The van der Waals surface area contributed by atoms with E-state index in [9.17, 15) is 0 Å². The smallest absolute Gasteiger partial charge is 0.191 e. The molecule has 3 rings (SSSR count). The van der Waals surface area contributed by atoms with Crippen LogP contribution < -0.4 is 10.6 Å². The van der Waals surface area contributed by atoms with E-state index in [0.717, 1.165) is 64.0 Å². The van der Waals surface area contributed by atoms with Crippen LogP contribution in [0.3, 0.4) is 0 Å². The van der Waals surface area contributed by atoms with E-state index in [2.05, 4.69) is 53.6 Å². The quantitative estimate of drug-likeness (QED) is 0.296. The Labute approximate surface area is 197 Å². The molecule has 30 heavy (non-hydrogen) atoms. The number of ether oxygens (including phenoxy) is 1. The zero-order valence-corrected chi connectivity index (χ0v) is 20.4. The van der Waals surface area contributed by atoms with E-state index in [1.54, 1.807) is 6.26 Å². The van der Waals surface area contributed by atoms with Gasteiger partial charge in [0.1, 0.15) is 5.76 Å². The third-order valence-corrected chi connectivity index (χ3v) is 5.26. The molecule has 0 aliphatic carbocycles. The van der Waals surface area contributed by atoms with E-state index in [1.807, 2.05) is 12.1 Å². The molecule has 2 aromatic rings. The van der Waals surface area contributed by atoms with E-state index >= 15 is 0 Å². The van der Waals surface area contributed by atoms with Crippen molar-refractivity contribution in [2.75, 3.05) is 32.8 Å². The van der Waals surface area contributed by atoms with Gasteiger partial charge in [-0.1, -0.05) is 31.2 Å². The van der Waals surface area contributed by atoms with Crippen LogP contribution >= 0.6 is 24.0 Å². The Bertz CT molecular complexity index is 745. The van der Waals surface area contributed by atoms with Crippen LogP contribution in [-0.2, 0) is 24.2 Å². The molecule has 1 fully saturated rings. The van der Waals surface area contributed by atoms with Crippen LogP contribution in [0.1, 0.15) is 37.2 Å². The van der Waals surface area contributed by atoms with Crippen molar-refractivity contribution >= 4 is 29.9 Å². The summed E-state index contributed by atoms with van der Waals surface area (Å²) in [6.45, 7) is 10.4. The van der Waals surface area contributed by atoms with E-state index in [4.69, 9.17) is 14.1 Å². The number of nitrogens with zero attached hydrogens (tertiary/aromatic N) is 2. The Morgan fingerprint density at radius 3 is 2.60 bits per heavy atom. The Kier molecular flexibility index (Phi) is 11.2. The first-order valence-electron chi connectivity index (χ1n) is 10.7. The first-order valence-corrected chi connectivity index (χ1v) is 10.7. The average molecular weight is 526 g/mol. The van der Waals surface area contributed by atoms with Crippen LogP contribution in [0, 0.1) is 0 Å². The first-order chi connectivity index (χ1) is 14.2. The molecule has 6 nitrogen and oxygen atoms in total. The lowest BCUT2D eigenvalue weighted by Crippen LogP contribution is -2.42. The second-order valence-corrected chi connectivity index (χ2v) is 7.53. The van der Waals surface area contributed by atoms with Crippen LogP contribution in [0.2, 0.25) is 0 Å². The van der Waals surface area contributed by atoms with Crippen molar-refractivity contribution in [1.82, 2.24) is 15.5 Å². The number of morpholine rings is 1. The maximum absolute atomic E-state index is 5.47. The summed E-state index contributed by atoms with van der Waals surface area (Å²) in [5, 5.41) is 6.95. The zero-order chi connectivity index (χ0) is 20.3. The van der Waals surface area contributed by atoms with E-state index in [0.29, 0.717) is 12.6 Å². The topological polar surface area (TPSA) is 62.0 Å². The molecule has 1 unspecified atom stereocenters. The number of benzene rings is 1. The number of aliphatic imine (C=N–C) groups is 1. The third-order valence-electron chi connectivity index (χ3n) is 5.26. The van der Waals surface area contributed by atoms with Gasteiger partial charge in [-0.2, -0.15) is 0 Å². The summed E-state index contributed by atoms with van der Waals surface area (Å²) in [4.78, 5) is 7.33. The van der Waals surface area contributed by atoms with Gasteiger partial charge in [0.25, 0.3) is 0 Å². The molecule has 1 aromatic heterocycles. The van der Waals surface area contributed by atoms with Crippen molar-refractivity contribution < 1.29 is 9.15 Å². The standard InChI is InChI=1S/C23H34N4O2.HI/c1-3-19(2)26-23(24-11-10-22-9-6-14-29-22)25-17-20-7-4-5-8-21(20)18-27-12-15-28-16-13-27;/h4-9,14,19H,3,10-13,15-18H2,1-2H3,(H2,24,25,26);1H. The second kappa shape index (κ2) is 13.7. The molecule has 0 radical (unpaired) electrons. The van der Waals surface area contributed by atoms with Crippen molar-refractivity contribution in [1.29, 1.82) is 0 Å². The van der Waals surface area contributed by atoms with Crippen LogP contribution in [0.25, 0.3) is 0 Å². The number of hydrogen-bond donors (Lipinski definition) is 2. The fourth-order valence-corrected chi connectivity index (χ4v) is 3.28. The minimum absolute atomic E-state index is 0. The largest absolute Gasteiger partial charge is 0.469 e. The first kappa shape index (κ1) is 24.7. The summed E-state index contributed by atoms with van der Waals surface area (Å²) in [5.74, 6) is 1.84. The molecule has 2 heterocycles. The minimum atomic E-state index is 0. The summed E-state index contributed by atoms with van der Waals surface area (Å²) < 4.78 is 10.9. The Hall–Kier alpha value is -1.58. The highest BCUT2D eigenvalue weighted by Crippen LogP contribution is 2.14. The van der Waals surface area contributed by atoms with Crippen molar-refractivity contribution in [3.63, 3.8) is 0 Å². The summed E-state index contributed by atoms with van der Waals surface area (Å²) in [5.41, 5.74) is 2.62. The molecule has 7 heteroatoms. The van der Waals surface area contributed by atoms with Crippen molar-refractivity contribution in [2.45, 2.75) is 45.8 Å². The van der Waals surface area contributed by atoms with E-state index in [1.165, 1.54) is 11.1 Å². The molecule has 1 aliphatic heterocycles. The Morgan fingerprint density at radius 1 is 1.13 bits per heavy atom. The predicted molar refractivity (Wildman–Crippen MR) is 132 cm³/mol. The zero-order valence-electron chi connectivity index (χ0n) is 18.1. The Morgan fingerprint density at radius 2 is 1.90 bits per heavy atom. The Balaban J connectivity index is 0.00000320. The van der Waals surface area contributed by atoms with Gasteiger partial charge in [0.05, 0.1) is 26.0 Å². The molecule has 2 N–H and O–H groups in total. The number of halogens is 1. The number of rotatable bonds is 9. The molecule has 0 bridgehead atoms. The van der Waals surface area contributed by atoms with E-state index < -0.39 is 0 Å². The lowest BCUT2D eigenvalue weighted by Gasteiger charge is -2.27. The molecule has 1 saturated heterocycles. The molecular weight excluding hydrogens is 491 g/mol. The van der Waals surface area contributed by atoms with Gasteiger partial charge < -0.3 is 19.8 Å². The van der Waals surface area contributed by atoms with Gasteiger partial charge in [-0.15, -0.1) is 24.0 Å². The van der Waals surface area contributed by atoms with Crippen molar-refractivity contribution in [2.24, 2.45) is 4.99 Å². The molecule has 1 aliphatic rings. The molecular formula is C23H35IN4O2. The molecule has 1 atom stereocenters. The summed E-state index contributed by atoms with van der Waals surface area (Å²) in [6.07, 6.45) is 3.60. The maximum Gasteiger partial charge on any atom is 0.191 e. The van der Waals surface area contributed by atoms with Crippen molar-refractivity contribution in [3.8, 4) is 0 Å². The lowest BCUT2D eigenvalue weighted by molar-refractivity contribution is 0.0341. The van der Waals surface area contributed by atoms with Gasteiger partial charge in [0.15, 0.2) is 5.96 Å². The second-order valence-electron chi connectivity index (χ2n) is 7.53. The lowest BCUT2D eigenvalue weighted by atomic mass is 10.1. The number of hydrogen-bond acceptors (Lipinski definition) is 4.